The quantitative estimate of drug-likeness (QED) is 0.256. The van der Waals surface area contributed by atoms with Crippen LogP contribution in [0.25, 0.3) is 0 Å². The number of likely N-dealkylation sites (tertiary alicyclic amines) is 1. The summed E-state index contributed by atoms with van der Waals surface area (Å²) >= 11 is 4.42. The minimum atomic E-state index is -1.84. The molecule has 1 saturated heterocycles. The van der Waals surface area contributed by atoms with Crippen molar-refractivity contribution in [1.82, 2.24) is 19.9 Å². The fraction of sp³-hybridized carbons (Fsp3) is 0.286. The average Bonchev–Trinajstić information content (AvgIpc) is 3.58. The lowest BCUT2D eigenvalue weighted by molar-refractivity contribution is -0.0257. The first-order valence-corrected chi connectivity index (χ1v) is 14.1. The molecule has 3 heterocycles. The number of carbonyl (C=O) groups excluding carboxylic acids is 2. The molecule has 0 aliphatic carbocycles. The Bertz CT molecular complexity index is 1530. The smallest absolute Gasteiger partial charge is 0.257 e. The molecule has 0 unspecified atom stereocenters. The van der Waals surface area contributed by atoms with E-state index in [4.69, 9.17) is 0 Å². The summed E-state index contributed by atoms with van der Waals surface area (Å²) in [6.45, 7) is 5.65. The Hall–Kier alpha value is -3.44. The monoisotopic (exact) mass is 613 g/mol. The van der Waals surface area contributed by atoms with Gasteiger partial charge in [0.25, 0.3) is 11.8 Å². The van der Waals surface area contributed by atoms with Gasteiger partial charge in [0.1, 0.15) is 16.5 Å². The minimum Gasteiger partial charge on any atom is -0.331 e. The fourth-order valence-corrected chi connectivity index (χ4v) is 5.57. The Balaban J connectivity index is 1.23. The third-order valence-corrected chi connectivity index (χ3v) is 8.36. The maximum Gasteiger partial charge on any atom is 0.257 e. The van der Waals surface area contributed by atoms with Crippen LogP contribution in [0, 0.1) is 5.82 Å². The van der Waals surface area contributed by atoms with Crippen molar-refractivity contribution in [3.63, 3.8) is 0 Å². The molecule has 39 heavy (non-hydrogen) atoms. The molecule has 4 aromatic rings. The standard InChI is InChI=1S/C28H26BrF2N5O2S/c1-16(2)18-4-6-19(7-5-18)25(37)32-26-21(10-11-39-26)27(38)35-14-28(31,15-35)24-13-36(34-33-24)17(3)20-8-9-23(30)22(29)12-20/h4-13,16-17H,14-15H2,1-3H3,(H,32,37)/t17-/m0/s1. The number of nitrogens with one attached hydrogen (secondary N) is 1. The van der Waals surface area contributed by atoms with Crippen LogP contribution in [-0.4, -0.2) is 44.8 Å². The zero-order valence-electron chi connectivity index (χ0n) is 21.5. The van der Waals surface area contributed by atoms with Gasteiger partial charge < -0.3 is 10.2 Å². The van der Waals surface area contributed by atoms with E-state index in [1.807, 2.05) is 19.1 Å². The molecule has 1 aliphatic rings. The molecule has 0 saturated carbocycles. The van der Waals surface area contributed by atoms with E-state index in [-0.39, 0.29) is 42.5 Å². The molecule has 1 N–H and O–H groups in total. The molecule has 1 fully saturated rings. The van der Waals surface area contributed by atoms with Crippen LogP contribution in [0.4, 0.5) is 13.8 Å². The van der Waals surface area contributed by atoms with Crippen LogP contribution in [0.3, 0.4) is 0 Å². The predicted octanol–water partition coefficient (Wildman–Crippen LogP) is 6.55. The van der Waals surface area contributed by atoms with Crippen LogP contribution >= 0.6 is 27.3 Å². The Morgan fingerprint density at radius 1 is 1.08 bits per heavy atom. The fourth-order valence-electron chi connectivity index (χ4n) is 4.40. The largest absolute Gasteiger partial charge is 0.331 e. The number of hydrogen-bond donors (Lipinski definition) is 1. The van der Waals surface area contributed by atoms with Gasteiger partial charge in [-0.1, -0.05) is 37.3 Å². The third kappa shape index (κ3) is 5.38. The molecular weight excluding hydrogens is 588 g/mol. The number of aromatic nitrogens is 3. The van der Waals surface area contributed by atoms with Crippen LogP contribution in [0.1, 0.15) is 70.3 Å². The van der Waals surface area contributed by atoms with Gasteiger partial charge in [-0.05, 0) is 75.6 Å². The lowest BCUT2D eigenvalue weighted by Gasteiger charge is -2.43. The highest BCUT2D eigenvalue weighted by molar-refractivity contribution is 9.10. The van der Waals surface area contributed by atoms with Crippen molar-refractivity contribution in [3.8, 4) is 0 Å². The Morgan fingerprint density at radius 2 is 1.77 bits per heavy atom. The second-order valence-electron chi connectivity index (χ2n) is 9.95. The second kappa shape index (κ2) is 10.6. The topological polar surface area (TPSA) is 80.1 Å². The third-order valence-electron chi connectivity index (χ3n) is 6.92. The van der Waals surface area contributed by atoms with E-state index in [1.54, 1.807) is 35.7 Å². The molecule has 202 valence electrons. The van der Waals surface area contributed by atoms with Crippen LogP contribution in [-0.2, 0) is 5.67 Å². The number of benzene rings is 2. The number of thiophene rings is 1. The van der Waals surface area contributed by atoms with Gasteiger partial charge in [0.15, 0.2) is 5.67 Å². The van der Waals surface area contributed by atoms with Crippen LogP contribution in [0.5, 0.6) is 0 Å². The van der Waals surface area contributed by atoms with Crippen molar-refractivity contribution < 1.29 is 18.4 Å². The van der Waals surface area contributed by atoms with E-state index in [0.29, 0.717) is 26.5 Å². The van der Waals surface area contributed by atoms with Crippen molar-refractivity contribution in [2.45, 2.75) is 38.4 Å². The van der Waals surface area contributed by atoms with E-state index in [0.717, 1.165) is 11.1 Å². The van der Waals surface area contributed by atoms with Crippen LogP contribution < -0.4 is 5.32 Å². The summed E-state index contributed by atoms with van der Waals surface area (Å²) < 4.78 is 31.1. The summed E-state index contributed by atoms with van der Waals surface area (Å²) in [7, 11) is 0. The summed E-state index contributed by atoms with van der Waals surface area (Å²) in [6.07, 6.45) is 1.52. The highest BCUT2D eigenvalue weighted by Gasteiger charge is 2.50. The van der Waals surface area contributed by atoms with E-state index in [1.165, 1.54) is 33.2 Å². The van der Waals surface area contributed by atoms with Crippen molar-refractivity contribution in [2.75, 3.05) is 18.4 Å². The van der Waals surface area contributed by atoms with Crippen molar-refractivity contribution in [1.29, 1.82) is 0 Å². The maximum absolute atomic E-state index is 15.7. The van der Waals surface area contributed by atoms with E-state index < -0.39 is 5.67 Å². The summed E-state index contributed by atoms with van der Waals surface area (Å²) in [5.74, 6) is -0.704. The number of carbonyl (C=O) groups is 2. The van der Waals surface area contributed by atoms with Crippen LogP contribution in [0.15, 0.2) is 64.6 Å². The van der Waals surface area contributed by atoms with Crippen molar-refractivity contribution >= 4 is 44.1 Å². The molecule has 1 atom stereocenters. The molecule has 0 bridgehead atoms. The van der Waals surface area contributed by atoms with E-state index in [9.17, 15) is 14.0 Å². The minimum absolute atomic E-state index is 0.128. The summed E-state index contributed by atoms with van der Waals surface area (Å²) in [4.78, 5) is 27.3. The number of anilines is 1. The zero-order valence-corrected chi connectivity index (χ0v) is 23.9. The molecule has 2 aromatic carbocycles. The maximum atomic E-state index is 15.7. The lowest BCUT2D eigenvalue weighted by atomic mass is 9.92. The van der Waals surface area contributed by atoms with Crippen LogP contribution in [0.2, 0.25) is 0 Å². The molecule has 11 heteroatoms. The van der Waals surface area contributed by atoms with E-state index >= 15 is 4.39 Å². The van der Waals surface area contributed by atoms with Gasteiger partial charge in [-0.25, -0.2) is 13.5 Å². The molecule has 0 radical (unpaired) electrons. The zero-order chi connectivity index (χ0) is 27.9. The first-order valence-electron chi connectivity index (χ1n) is 12.4. The molecular formula is C28H26BrF2N5O2S. The number of rotatable bonds is 7. The number of halogens is 3. The van der Waals surface area contributed by atoms with Gasteiger partial charge in [-0.15, -0.1) is 16.4 Å². The number of alkyl halides is 1. The molecule has 7 nitrogen and oxygen atoms in total. The van der Waals surface area contributed by atoms with Crippen molar-refractivity contribution in [2.24, 2.45) is 0 Å². The SMILES string of the molecule is CC(C)c1ccc(C(=O)Nc2sccc2C(=O)N2CC(F)(c3cn([C@@H](C)c4ccc(F)c(Br)c4)nn3)C2)cc1. The highest BCUT2D eigenvalue weighted by Crippen LogP contribution is 2.38. The lowest BCUT2D eigenvalue weighted by Crippen LogP contribution is -2.59. The Morgan fingerprint density at radius 3 is 2.44 bits per heavy atom. The van der Waals surface area contributed by atoms with Gasteiger partial charge in [-0.3, -0.25) is 9.59 Å². The Labute approximate surface area is 237 Å². The molecule has 2 aromatic heterocycles. The molecule has 0 spiro atoms. The molecule has 5 rings (SSSR count). The number of hydrogen-bond acceptors (Lipinski definition) is 5. The van der Waals surface area contributed by atoms with Gasteiger partial charge in [0, 0.05) is 5.56 Å². The summed E-state index contributed by atoms with van der Waals surface area (Å²) in [5.41, 5.74) is 0.999. The molecule has 1 aliphatic heterocycles. The van der Waals surface area contributed by atoms with Gasteiger partial charge >= 0.3 is 0 Å². The predicted molar refractivity (Wildman–Crippen MR) is 149 cm³/mol. The first kappa shape index (κ1) is 27.1. The van der Waals surface area contributed by atoms with Gasteiger partial charge in [0.05, 0.1) is 35.4 Å². The molecule has 2 amide bonds. The Kier molecular flexibility index (Phi) is 7.39. The van der Waals surface area contributed by atoms with E-state index in [2.05, 4.69) is 45.4 Å². The first-order chi connectivity index (χ1) is 18.6. The van der Waals surface area contributed by atoms with Crippen molar-refractivity contribution in [3.05, 3.63) is 98.3 Å². The second-order valence-corrected chi connectivity index (χ2v) is 11.7. The van der Waals surface area contributed by atoms with Gasteiger partial charge in [0.2, 0.25) is 0 Å². The average molecular weight is 615 g/mol. The summed E-state index contributed by atoms with van der Waals surface area (Å²) in [6, 6.07) is 13.3. The number of nitrogens with zero attached hydrogens (tertiary/aromatic N) is 4. The highest BCUT2D eigenvalue weighted by atomic mass is 79.9. The summed E-state index contributed by atoms with van der Waals surface area (Å²) in [5, 5.41) is 13.0. The number of amides is 2. The normalized spacial score (nSPS) is 15.2. The van der Waals surface area contributed by atoms with Gasteiger partial charge in [-0.2, -0.15) is 0 Å².